The highest BCUT2D eigenvalue weighted by atomic mass is 16.5. The quantitative estimate of drug-likeness (QED) is 0.831. The Labute approximate surface area is 143 Å². The number of hydrogen-bond acceptors (Lipinski definition) is 3. The SMILES string of the molecule is COc1ccccc1[C@H](C)CC(=O)N1CCC[C@H](CCC(=O)O)C1. The van der Waals surface area contributed by atoms with Crippen LogP contribution >= 0.6 is 0 Å². The monoisotopic (exact) mass is 333 g/mol. The molecule has 2 rings (SSSR count). The van der Waals surface area contributed by atoms with Crippen LogP contribution in [-0.4, -0.2) is 42.1 Å². The fourth-order valence-electron chi connectivity index (χ4n) is 3.43. The zero-order valence-corrected chi connectivity index (χ0v) is 14.5. The molecule has 1 aliphatic heterocycles. The highest BCUT2D eigenvalue weighted by molar-refractivity contribution is 5.77. The first-order valence-electron chi connectivity index (χ1n) is 8.63. The average molecular weight is 333 g/mol. The van der Waals surface area contributed by atoms with Crippen LogP contribution in [0.4, 0.5) is 0 Å². The third-order valence-corrected chi connectivity index (χ3v) is 4.79. The second kappa shape index (κ2) is 8.71. The van der Waals surface area contributed by atoms with Crippen LogP contribution in [0.1, 0.15) is 50.5 Å². The molecule has 1 saturated heterocycles. The number of carboxylic acid groups (broad SMARTS) is 1. The molecule has 0 aliphatic carbocycles. The van der Waals surface area contributed by atoms with Gasteiger partial charge < -0.3 is 14.7 Å². The number of para-hydroxylation sites is 1. The molecule has 24 heavy (non-hydrogen) atoms. The predicted octanol–water partition coefficient (Wildman–Crippen LogP) is 3.29. The summed E-state index contributed by atoms with van der Waals surface area (Å²) in [5, 5.41) is 8.82. The van der Waals surface area contributed by atoms with Crippen LogP contribution < -0.4 is 4.74 Å². The summed E-state index contributed by atoms with van der Waals surface area (Å²) in [4.78, 5) is 25.3. The molecule has 1 fully saturated rings. The summed E-state index contributed by atoms with van der Waals surface area (Å²) < 4.78 is 5.38. The van der Waals surface area contributed by atoms with E-state index in [-0.39, 0.29) is 18.2 Å². The van der Waals surface area contributed by atoms with E-state index in [0.717, 1.165) is 30.7 Å². The van der Waals surface area contributed by atoms with Crippen molar-refractivity contribution < 1.29 is 19.4 Å². The van der Waals surface area contributed by atoms with Gasteiger partial charge in [0.25, 0.3) is 0 Å². The van der Waals surface area contributed by atoms with Gasteiger partial charge in [0.15, 0.2) is 0 Å². The Morgan fingerprint density at radius 2 is 2.12 bits per heavy atom. The Balaban J connectivity index is 1.92. The number of carbonyl (C=O) groups is 2. The van der Waals surface area contributed by atoms with E-state index in [1.54, 1.807) is 7.11 Å². The number of carboxylic acids is 1. The van der Waals surface area contributed by atoms with E-state index in [4.69, 9.17) is 9.84 Å². The highest BCUT2D eigenvalue weighted by Crippen LogP contribution is 2.30. The topological polar surface area (TPSA) is 66.8 Å². The van der Waals surface area contributed by atoms with Gasteiger partial charge in [-0.3, -0.25) is 9.59 Å². The van der Waals surface area contributed by atoms with Crippen molar-refractivity contribution in [3.63, 3.8) is 0 Å². The minimum absolute atomic E-state index is 0.0908. The number of amides is 1. The van der Waals surface area contributed by atoms with E-state index in [0.29, 0.717) is 25.3 Å². The van der Waals surface area contributed by atoms with Crippen LogP contribution in [0.2, 0.25) is 0 Å². The van der Waals surface area contributed by atoms with Gasteiger partial charge in [-0.2, -0.15) is 0 Å². The van der Waals surface area contributed by atoms with Crippen molar-refractivity contribution in [2.24, 2.45) is 5.92 Å². The molecule has 0 bridgehead atoms. The first kappa shape index (κ1) is 18.3. The molecule has 0 saturated carbocycles. The zero-order chi connectivity index (χ0) is 17.5. The molecule has 0 aromatic heterocycles. The number of ether oxygens (including phenoxy) is 1. The number of benzene rings is 1. The van der Waals surface area contributed by atoms with E-state index < -0.39 is 5.97 Å². The molecule has 1 aliphatic rings. The summed E-state index contributed by atoms with van der Waals surface area (Å²) in [6.45, 7) is 3.51. The van der Waals surface area contributed by atoms with Crippen molar-refractivity contribution in [3.05, 3.63) is 29.8 Å². The third kappa shape index (κ3) is 4.98. The van der Waals surface area contributed by atoms with E-state index in [1.165, 1.54) is 0 Å². The lowest BCUT2D eigenvalue weighted by atomic mass is 9.92. The molecule has 0 unspecified atom stereocenters. The van der Waals surface area contributed by atoms with Gasteiger partial charge >= 0.3 is 5.97 Å². The molecule has 0 radical (unpaired) electrons. The fraction of sp³-hybridized carbons (Fsp3) is 0.579. The average Bonchev–Trinajstić information content (AvgIpc) is 2.60. The maximum absolute atomic E-state index is 12.6. The van der Waals surface area contributed by atoms with E-state index >= 15 is 0 Å². The Morgan fingerprint density at radius 1 is 1.38 bits per heavy atom. The Morgan fingerprint density at radius 3 is 2.83 bits per heavy atom. The molecule has 1 heterocycles. The standard InChI is InChI=1S/C19H27NO4/c1-14(16-7-3-4-8-17(16)24-2)12-18(21)20-11-5-6-15(13-20)9-10-19(22)23/h3-4,7-8,14-15H,5-6,9-13H2,1-2H3,(H,22,23)/t14-,15-/m1/s1. The van der Waals surface area contributed by atoms with E-state index in [2.05, 4.69) is 0 Å². The van der Waals surface area contributed by atoms with E-state index in [1.807, 2.05) is 36.1 Å². The number of hydrogen-bond donors (Lipinski definition) is 1. The molecular weight excluding hydrogens is 306 g/mol. The van der Waals surface area contributed by atoms with Crippen molar-refractivity contribution in [2.75, 3.05) is 20.2 Å². The Bertz CT molecular complexity index is 572. The van der Waals surface area contributed by atoms with Gasteiger partial charge in [-0.1, -0.05) is 25.1 Å². The van der Waals surface area contributed by atoms with Crippen LogP contribution in [0.5, 0.6) is 5.75 Å². The van der Waals surface area contributed by atoms with Gasteiger partial charge in [0.05, 0.1) is 7.11 Å². The van der Waals surface area contributed by atoms with Crippen molar-refractivity contribution >= 4 is 11.9 Å². The lowest BCUT2D eigenvalue weighted by molar-refractivity contribution is -0.137. The zero-order valence-electron chi connectivity index (χ0n) is 14.5. The second-order valence-corrected chi connectivity index (χ2v) is 6.63. The van der Waals surface area contributed by atoms with Crippen molar-refractivity contribution in [2.45, 2.75) is 44.9 Å². The van der Waals surface area contributed by atoms with E-state index in [9.17, 15) is 9.59 Å². The lowest BCUT2D eigenvalue weighted by Crippen LogP contribution is -2.40. The van der Waals surface area contributed by atoms with Gasteiger partial charge in [0, 0.05) is 25.9 Å². The lowest BCUT2D eigenvalue weighted by Gasteiger charge is -2.33. The summed E-state index contributed by atoms with van der Waals surface area (Å²) in [6.07, 6.45) is 3.26. The number of rotatable bonds is 7. The Hall–Kier alpha value is -2.04. The summed E-state index contributed by atoms with van der Waals surface area (Å²) in [7, 11) is 1.64. The number of nitrogens with zero attached hydrogens (tertiary/aromatic N) is 1. The Kier molecular flexibility index (Phi) is 6.64. The smallest absolute Gasteiger partial charge is 0.303 e. The summed E-state index contributed by atoms with van der Waals surface area (Å²) in [5.41, 5.74) is 1.05. The first-order chi connectivity index (χ1) is 11.5. The predicted molar refractivity (Wildman–Crippen MR) is 92.2 cm³/mol. The molecule has 1 N–H and O–H groups in total. The number of likely N-dealkylation sites (tertiary alicyclic amines) is 1. The van der Waals surface area contributed by atoms with Crippen molar-refractivity contribution in [1.82, 2.24) is 4.90 Å². The number of aliphatic carboxylic acids is 1. The molecule has 1 aromatic carbocycles. The number of methoxy groups -OCH3 is 1. The van der Waals surface area contributed by atoms with Crippen LogP contribution in [0.25, 0.3) is 0 Å². The maximum atomic E-state index is 12.6. The highest BCUT2D eigenvalue weighted by Gasteiger charge is 2.25. The molecule has 1 amide bonds. The number of piperidine rings is 1. The summed E-state index contributed by atoms with van der Waals surface area (Å²) in [6, 6.07) is 7.80. The second-order valence-electron chi connectivity index (χ2n) is 6.63. The fourth-order valence-corrected chi connectivity index (χ4v) is 3.43. The van der Waals surface area contributed by atoms with Crippen LogP contribution in [-0.2, 0) is 9.59 Å². The van der Waals surface area contributed by atoms with Gasteiger partial charge in [-0.15, -0.1) is 0 Å². The van der Waals surface area contributed by atoms with Gasteiger partial charge in [-0.25, -0.2) is 0 Å². The first-order valence-corrected chi connectivity index (χ1v) is 8.63. The largest absolute Gasteiger partial charge is 0.496 e. The minimum atomic E-state index is -0.761. The van der Waals surface area contributed by atoms with Gasteiger partial charge in [0.1, 0.15) is 5.75 Å². The maximum Gasteiger partial charge on any atom is 0.303 e. The molecule has 132 valence electrons. The van der Waals surface area contributed by atoms with Crippen LogP contribution in [0, 0.1) is 5.92 Å². The molecule has 5 heteroatoms. The summed E-state index contributed by atoms with van der Waals surface area (Å²) >= 11 is 0. The van der Waals surface area contributed by atoms with Crippen molar-refractivity contribution in [3.8, 4) is 5.75 Å². The number of carbonyl (C=O) groups excluding carboxylic acids is 1. The molecule has 2 atom stereocenters. The molecule has 0 spiro atoms. The minimum Gasteiger partial charge on any atom is -0.496 e. The summed E-state index contributed by atoms with van der Waals surface area (Å²) in [5.74, 6) is 0.598. The van der Waals surface area contributed by atoms with Crippen LogP contribution in [0.3, 0.4) is 0 Å². The van der Waals surface area contributed by atoms with Crippen LogP contribution in [0.15, 0.2) is 24.3 Å². The molecule has 1 aromatic rings. The third-order valence-electron chi connectivity index (χ3n) is 4.79. The van der Waals surface area contributed by atoms with Gasteiger partial charge in [-0.05, 0) is 42.7 Å². The van der Waals surface area contributed by atoms with Gasteiger partial charge in [0.2, 0.25) is 5.91 Å². The normalized spacial score (nSPS) is 18.9. The van der Waals surface area contributed by atoms with Crippen molar-refractivity contribution in [1.29, 1.82) is 0 Å². The molecule has 5 nitrogen and oxygen atoms in total. The molecular formula is C19H27NO4.